The van der Waals surface area contributed by atoms with Crippen LogP contribution in [0, 0.1) is 0 Å². The standard InChI is InChI=1S/C25H29Cl2NO8/c1-5-8-18(29)33-12-35-24(31)20-14(3)28-15(4)21(25(32)36-13-34-19(30)9-6-2)22(20)16-10-7-11-17(26)23(16)27/h7,10-11,22,28H,5-6,8-9,12-13H2,1-4H3/i1D3,2D3,5D2,6D2. The average Bonchev–Trinajstić information content (AvgIpc) is 2.87. The number of carbonyl (C=O) groups excluding carboxylic acids is 4. The van der Waals surface area contributed by atoms with Crippen LogP contribution in [-0.2, 0) is 38.1 Å². The Morgan fingerprint density at radius 1 is 0.889 bits per heavy atom. The Morgan fingerprint density at radius 2 is 1.39 bits per heavy atom. The van der Waals surface area contributed by atoms with Crippen molar-refractivity contribution in [3.05, 3.63) is 56.3 Å². The predicted octanol–water partition coefficient (Wildman–Crippen LogP) is 4.92. The van der Waals surface area contributed by atoms with Crippen LogP contribution in [0.1, 0.15) is 78.3 Å². The molecule has 1 heterocycles. The van der Waals surface area contributed by atoms with Gasteiger partial charge in [-0.25, -0.2) is 9.59 Å². The van der Waals surface area contributed by atoms with Gasteiger partial charge in [-0.2, -0.15) is 0 Å². The minimum Gasteiger partial charge on any atom is -0.428 e. The second-order valence-corrected chi connectivity index (χ2v) is 7.90. The van der Waals surface area contributed by atoms with Gasteiger partial charge in [0.15, 0.2) is 0 Å². The lowest BCUT2D eigenvalue weighted by Gasteiger charge is -2.31. The normalized spacial score (nSPS) is 19.3. The number of rotatable bonds is 11. The summed E-state index contributed by atoms with van der Waals surface area (Å²) >= 11 is 12.6. The number of hydrogen-bond acceptors (Lipinski definition) is 9. The van der Waals surface area contributed by atoms with Crippen LogP contribution in [0.4, 0.5) is 0 Å². The predicted molar refractivity (Wildman–Crippen MR) is 132 cm³/mol. The summed E-state index contributed by atoms with van der Waals surface area (Å²) in [7, 11) is 0. The van der Waals surface area contributed by atoms with Gasteiger partial charge in [-0.05, 0) is 38.2 Å². The molecule has 1 aromatic rings. The van der Waals surface area contributed by atoms with Crippen molar-refractivity contribution in [2.45, 2.75) is 59.1 Å². The Bertz CT molecular complexity index is 1360. The van der Waals surface area contributed by atoms with Crippen LogP contribution in [0.15, 0.2) is 40.7 Å². The lowest BCUT2D eigenvalue weighted by atomic mass is 9.80. The molecule has 1 aromatic carbocycles. The zero-order chi connectivity index (χ0) is 35.4. The average molecular weight is 552 g/mol. The van der Waals surface area contributed by atoms with E-state index in [1.165, 1.54) is 32.0 Å². The second-order valence-electron chi connectivity index (χ2n) is 7.12. The number of esters is 4. The molecule has 0 amide bonds. The van der Waals surface area contributed by atoms with Crippen LogP contribution in [0.5, 0.6) is 0 Å². The van der Waals surface area contributed by atoms with E-state index < -0.39 is 82.7 Å². The van der Waals surface area contributed by atoms with Crippen molar-refractivity contribution in [1.82, 2.24) is 5.32 Å². The van der Waals surface area contributed by atoms with Gasteiger partial charge in [0.2, 0.25) is 13.6 Å². The molecule has 0 aliphatic carbocycles. The molecule has 1 aliphatic rings. The first kappa shape index (κ1) is 17.4. The van der Waals surface area contributed by atoms with Crippen molar-refractivity contribution in [3.8, 4) is 0 Å². The Morgan fingerprint density at radius 3 is 1.86 bits per heavy atom. The summed E-state index contributed by atoms with van der Waals surface area (Å²) in [5.74, 6) is -6.24. The van der Waals surface area contributed by atoms with Crippen LogP contribution in [0.3, 0.4) is 0 Å². The minimum absolute atomic E-state index is 0.0448. The SMILES string of the molecule is [2H]C([2H])([2H])C([2H])([2H])CC(=O)OCOC(=O)C1=C(C)NC(C)=C(C(=O)OCOC(=O)CC([2H])([2H])C([2H])([2H])[2H])C1c1cccc(Cl)c1Cl. The molecule has 0 saturated heterocycles. The van der Waals surface area contributed by atoms with Crippen molar-refractivity contribution in [2.24, 2.45) is 0 Å². The fourth-order valence-electron chi connectivity index (χ4n) is 3.29. The highest BCUT2D eigenvalue weighted by Gasteiger charge is 2.39. The molecule has 11 heteroatoms. The van der Waals surface area contributed by atoms with Gasteiger partial charge in [-0.1, -0.05) is 49.0 Å². The van der Waals surface area contributed by atoms with E-state index in [-0.39, 0.29) is 38.1 Å². The highest BCUT2D eigenvalue weighted by molar-refractivity contribution is 6.42. The summed E-state index contributed by atoms with van der Waals surface area (Å²) < 4.78 is 92.7. The summed E-state index contributed by atoms with van der Waals surface area (Å²) in [5, 5.41) is 2.79. The third-order valence-corrected chi connectivity index (χ3v) is 5.61. The van der Waals surface area contributed by atoms with Crippen LogP contribution in [0.2, 0.25) is 10.0 Å². The Labute approximate surface area is 233 Å². The zero-order valence-electron chi connectivity index (χ0n) is 29.2. The van der Waals surface area contributed by atoms with Gasteiger partial charge in [-0.15, -0.1) is 0 Å². The number of carbonyl (C=O) groups is 4. The largest absolute Gasteiger partial charge is 0.428 e. The molecule has 0 atom stereocenters. The molecule has 0 aromatic heterocycles. The van der Waals surface area contributed by atoms with Crippen molar-refractivity contribution in [3.63, 3.8) is 0 Å². The van der Waals surface area contributed by atoms with E-state index in [1.54, 1.807) is 0 Å². The first-order valence-corrected chi connectivity index (χ1v) is 10.9. The monoisotopic (exact) mass is 551 g/mol. The topological polar surface area (TPSA) is 117 Å². The Kier molecular flexibility index (Phi) is 6.72. The fourth-order valence-corrected chi connectivity index (χ4v) is 3.71. The van der Waals surface area contributed by atoms with Crippen LogP contribution >= 0.6 is 23.2 Å². The number of benzene rings is 1. The maximum atomic E-state index is 13.3. The lowest BCUT2D eigenvalue weighted by molar-refractivity contribution is -0.165. The summed E-state index contributed by atoms with van der Waals surface area (Å²) in [6.07, 6.45) is -8.15. The minimum atomic E-state index is -3.12. The van der Waals surface area contributed by atoms with Crippen molar-refractivity contribution in [2.75, 3.05) is 13.6 Å². The van der Waals surface area contributed by atoms with Crippen molar-refractivity contribution < 1.29 is 51.8 Å². The Hall–Kier alpha value is -3.04. The Balaban J connectivity index is 2.30. The number of halogens is 2. The van der Waals surface area contributed by atoms with Gasteiger partial charge in [0.1, 0.15) is 0 Å². The molecule has 0 fully saturated rings. The molecular weight excluding hydrogens is 513 g/mol. The summed E-state index contributed by atoms with van der Waals surface area (Å²) in [4.78, 5) is 50.7. The number of allylic oxidation sites excluding steroid dienone is 2. The maximum absolute atomic E-state index is 13.3. The molecule has 0 saturated carbocycles. The van der Waals surface area contributed by atoms with Gasteiger partial charge >= 0.3 is 23.9 Å². The van der Waals surface area contributed by atoms with Crippen molar-refractivity contribution in [1.29, 1.82) is 0 Å². The lowest BCUT2D eigenvalue weighted by Crippen LogP contribution is -2.33. The van der Waals surface area contributed by atoms with Crippen LogP contribution < -0.4 is 5.32 Å². The van der Waals surface area contributed by atoms with E-state index in [4.69, 9.17) is 55.9 Å². The van der Waals surface area contributed by atoms with E-state index in [0.29, 0.717) is 0 Å². The quantitative estimate of drug-likeness (QED) is 0.302. The van der Waals surface area contributed by atoms with Gasteiger partial charge < -0.3 is 24.3 Å². The van der Waals surface area contributed by atoms with Gasteiger partial charge in [0.05, 0.1) is 27.1 Å². The van der Waals surface area contributed by atoms with E-state index in [9.17, 15) is 19.2 Å². The first-order chi connectivity index (χ1) is 20.9. The third kappa shape index (κ3) is 7.48. The smallest absolute Gasteiger partial charge is 0.339 e. The maximum Gasteiger partial charge on any atom is 0.339 e. The zero-order valence-corrected chi connectivity index (χ0v) is 20.7. The van der Waals surface area contributed by atoms with E-state index in [1.807, 2.05) is 0 Å². The third-order valence-electron chi connectivity index (χ3n) is 4.78. The van der Waals surface area contributed by atoms with Crippen molar-refractivity contribution >= 4 is 47.1 Å². The highest BCUT2D eigenvalue weighted by atomic mass is 35.5. The first-order valence-electron chi connectivity index (χ1n) is 15.2. The number of dihydropyridines is 1. The number of nitrogens with one attached hydrogen (secondary N) is 1. The van der Waals surface area contributed by atoms with Gasteiger partial charge in [0, 0.05) is 37.9 Å². The van der Waals surface area contributed by atoms with E-state index in [0.717, 1.165) is 0 Å². The molecular formula is C25H29Cl2NO8. The summed E-state index contributed by atoms with van der Waals surface area (Å²) in [6, 6.07) is 4.36. The molecule has 0 spiro atoms. The molecule has 2 rings (SSSR count). The molecule has 196 valence electrons. The van der Waals surface area contributed by atoms with Gasteiger partial charge in [0.25, 0.3) is 0 Å². The van der Waals surface area contributed by atoms with E-state index in [2.05, 4.69) is 5.32 Å². The number of hydrogen-bond donors (Lipinski definition) is 1. The van der Waals surface area contributed by atoms with Crippen LogP contribution in [-0.4, -0.2) is 37.5 Å². The highest BCUT2D eigenvalue weighted by Crippen LogP contribution is 2.43. The second kappa shape index (κ2) is 13.9. The molecule has 36 heavy (non-hydrogen) atoms. The van der Waals surface area contributed by atoms with Crippen LogP contribution in [0.25, 0.3) is 0 Å². The number of ether oxygens (including phenoxy) is 4. The van der Waals surface area contributed by atoms with Gasteiger partial charge in [-0.3, -0.25) is 9.59 Å². The molecule has 1 aliphatic heterocycles. The molecule has 9 nitrogen and oxygen atoms in total. The van der Waals surface area contributed by atoms with E-state index >= 15 is 0 Å². The fraction of sp³-hybridized carbons (Fsp3) is 0.440. The molecule has 1 N–H and O–H groups in total. The molecule has 0 radical (unpaired) electrons. The molecule has 0 unspecified atom stereocenters. The summed E-state index contributed by atoms with van der Waals surface area (Å²) in [5.41, 5.74) is -0.0390. The molecule has 0 bridgehead atoms. The summed E-state index contributed by atoms with van der Waals surface area (Å²) in [6.45, 7) is -5.45.